The van der Waals surface area contributed by atoms with E-state index in [1.54, 1.807) is 7.11 Å². The lowest BCUT2D eigenvalue weighted by atomic mass is 10.0. The van der Waals surface area contributed by atoms with Crippen molar-refractivity contribution < 1.29 is 14.3 Å². The molecular weight excluding hydrogens is 306 g/mol. The number of likely N-dealkylation sites (tertiary alicyclic amines) is 1. The number of nitrogens with one attached hydrogen (secondary N) is 1. The third-order valence-electron chi connectivity index (χ3n) is 4.82. The number of hydrogen-bond donors (Lipinski definition) is 1. The maximum atomic E-state index is 12.6. The van der Waals surface area contributed by atoms with Gasteiger partial charge in [0.2, 0.25) is 0 Å². The largest absolute Gasteiger partial charge is 0.496 e. The number of benzene rings is 1. The number of nitrogens with zero attached hydrogens (tertiary/aromatic N) is 2. The fourth-order valence-electron chi connectivity index (χ4n) is 3.52. The Morgan fingerprint density at radius 2 is 2.08 bits per heavy atom. The Morgan fingerprint density at radius 3 is 2.88 bits per heavy atom. The first kappa shape index (κ1) is 17.0. The van der Waals surface area contributed by atoms with Crippen LogP contribution in [0.25, 0.3) is 0 Å². The molecule has 1 aromatic rings. The van der Waals surface area contributed by atoms with Gasteiger partial charge in [0.15, 0.2) is 0 Å². The number of para-hydroxylation sites is 1. The zero-order valence-corrected chi connectivity index (χ0v) is 14.4. The normalized spacial score (nSPS) is 21.7. The molecule has 0 spiro atoms. The average molecular weight is 333 g/mol. The molecule has 6 nitrogen and oxygen atoms in total. The number of carbonyl (C=O) groups is 1. The summed E-state index contributed by atoms with van der Waals surface area (Å²) >= 11 is 0. The Kier molecular flexibility index (Phi) is 5.93. The van der Waals surface area contributed by atoms with Crippen molar-refractivity contribution in [3.63, 3.8) is 0 Å². The highest BCUT2D eigenvalue weighted by atomic mass is 16.5. The molecule has 0 aliphatic carbocycles. The van der Waals surface area contributed by atoms with E-state index in [1.807, 2.05) is 23.1 Å². The highest BCUT2D eigenvalue weighted by Crippen LogP contribution is 2.36. The minimum Gasteiger partial charge on any atom is -0.496 e. The predicted octanol–water partition coefficient (Wildman–Crippen LogP) is 1.87. The number of urea groups is 1. The topological polar surface area (TPSA) is 54.0 Å². The van der Waals surface area contributed by atoms with Crippen molar-refractivity contribution >= 4 is 6.03 Å². The van der Waals surface area contributed by atoms with Crippen LogP contribution in [0, 0.1) is 0 Å². The molecule has 3 rings (SSSR count). The molecule has 2 aliphatic rings. The molecule has 2 saturated heterocycles. The molecule has 0 saturated carbocycles. The summed E-state index contributed by atoms with van der Waals surface area (Å²) in [4.78, 5) is 16.9. The molecule has 2 fully saturated rings. The number of methoxy groups -OCH3 is 1. The number of ether oxygens (including phenoxy) is 2. The molecule has 24 heavy (non-hydrogen) atoms. The van der Waals surface area contributed by atoms with E-state index in [0.29, 0.717) is 6.54 Å². The van der Waals surface area contributed by atoms with E-state index in [1.165, 1.54) is 0 Å². The summed E-state index contributed by atoms with van der Waals surface area (Å²) in [6.45, 7) is 5.82. The Bertz CT molecular complexity index is 546. The SMILES string of the molecule is COc1ccccc1C1CCCN1C(=O)NCCN1CCOCC1. The van der Waals surface area contributed by atoms with Crippen LogP contribution in [0.5, 0.6) is 5.75 Å². The van der Waals surface area contributed by atoms with E-state index in [4.69, 9.17) is 9.47 Å². The maximum Gasteiger partial charge on any atom is 0.317 e. The van der Waals surface area contributed by atoms with Crippen molar-refractivity contribution in [1.29, 1.82) is 0 Å². The van der Waals surface area contributed by atoms with E-state index in [0.717, 1.165) is 63.5 Å². The zero-order valence-electron chi connectivity index (χ0n) is 14.4. The lowest BCUT2D eigenvalue weighted by Crippen LogP contribution is -2.45. The molecule has 1 aromatic carbocycles. The summed E-state index contributed by atoms with van der Waals surface area (Å²) < 4.78 is 10.8. The molecule has 2 heterocycles. The van der Waals surface area contributed by atoms with Gasteiger partial charge in [-0.1, -0.05) is 18.2 Å². The summed E-state index contributed by atoms with van der Waals surface area (Å²) in [7, 11) is 1.68. The van der Waals surface area contributed by atoms with Crippen LogP contribution in [-0.2, 0) is 4.74 Å². The summed E-state index contributed by atoms with van der Waals surface area (Å²) in [5, 5.41) is 3.07. The van der Waals surface area contributed by atoms with Gasteiger partial charge in [-0.05, 0) is 18.9 Å². The van der Waals surface area contributed by atoms with Gasteiger partial charge in [0.1, 0.15) is 5.75 Å². The van der Waals surface area contributed by atoms with Crippen molar-refractivity contribution in [3.8, 4) is 5.75 Å². The molecule has 0 radical (unpaired) electrons. The first-order chi connectivity index (χ1) is 11.8. The van der Waals surface area contributed by atoms with E-state index in [9.17, 15) is 4.79 Å². The number of rotatable bonds is 5. The molecule has 1 unspecified atom stereocenters. The van der Waals surface area contributed by atoms with Gasteiger partial charge in [-0.2, -0.15) is 0 Å². The fourth-order valence-corrected chi connectivity index (χ4v) is 3.52. The van der Waals surface area contributed by atoms with Crippen LogP contribution in [0.1, 0.15) is 24.4 Å². The summed E-state index contributed by atoms with van der Waals surface area (Å²) in [6.07, 6.45) is 2.01. The Balaban J connectivity index is 1.55. The van der Waals surface area contributed by atoms with Crippen LogP contribution in [0.2, 0.25) is 0 Å². The average Bonchev–Trinajstić information content (AvgIpc) is 3.12. The highest BCUT2D eigenvalue weighted by molar-refractivity contribution is 5.75. The van der Waals surface area contributed by atoms with Gasteiger partial charge < -0.3 is 19.7 Å². The zero-order chi connectivity index (χ0) is 16.8. The summed E-state index contributed by atoms with van der Waals surface area (Å²) in [5.41, 5.74) is 1.10. The van der Waals surface area contributed by atoms with Gasteiger partial charge in [0.05, 0.1) is 26.4 Å². The molecule has 0 bridgehead atoms. The fraction of sp³-hybridized carbons (Fsp3) is 0.611. The molecule has 0 aromatic heterocycles. The second-order valence-electron chi connectivity index (χ2n) is 6.28. The minimum atomic E-state index is 0.0247. The smallest absolute Gasteiger partial charge is 0.317 e. The van der Waals surface area contributed by atoms with Gasteiger partial charge >= 0.3 is 6.03 Å². The molecule has 132 valence electrons. The third kappa shape index (κ3) is 3.99. The first-order valence-corrected chi connectivity index (χ1v) is 8.77. The third-order valence-corrected chi connectivity index (χ3v) is 4.82. The summed E-state index contributed by atoms with van der Waals surface area (Å²) in [5.74, 6) is 0.857. The van der Waals surface area contributed by atoms with E-state index in [2.05, 4.69) is 16.3 Å². The van der Waals surface area contributed by atoms with Crippen molar-refractivity contribution in [2.24, 2.45) is 0 Å². The van der Waals surface area contributed by atoms with Gasteiger partial charge in [-0.15, -0.1) is 0 Å². The lowest BCUT2D eigenvalue weighted by molar-refractivity contribution is 0.0385. The Hall–Kier alpha value is -1.79. The van der Waals surface area contributed by atoms with Crippen molar-refractivity contribution in [2.45, 2.75) is 18.9 Å². The summed E-state index contributed by atoms with van der Waals surface area (Å²) in [6, 6.07) is 8.11. The molecule has 2 aliphatic heterocycles. The highest BCUT2D eigenvalue weighted by Gasteiger charge is 2.31. The van der Waals surface area contributed by atoms with Crippen molar-refractivity contribution in [1.82, 2.24) is 15.1 Å². The molecule has 6 heteroatoms. The Morgan fingerprint density at radius 1 is 1.29 bits per heavy atom. The minimum absolute atomic E-state index is 0.0247. The first-order valence-electron chi connectivity index (χ1n) is 8.77. The monoisotopic (exact) mass is 333 g/mol. The Labute approximate surface area is 143 Å². The lowest BCUT2D eigenvalue weighted by Gasteiger charge is -2.29. The molecule has 2 amide bonds. The van der Waals surface area contributed by atoms with Gasteiger partial charge in [-0.3, -0.25) is 4.90 Å². The maximum absolute atomic E-state index is 12.6. The number of hydrogen-bond acceptors (Lipinski definition) is 4. The van der Waals surface area contributed by atoms with E-state index in [-0.39, 0.29) is 12.1 Å². The van der Waals surface area contributed by atoms with Gasteiger partial charge in [-0.25, -0.2) is 4.79 Å². The van der Waals surface area contributed by atoms with Crippen LogP contribution in [0.4, 0.5) is 4.79 Å². The van der Waals surface area contributed by atoms with Crippen LogP contribution in [0.15, 0.2) is 24.3 Å². The second-order valence-corrected chi connectivity index (χ2v) is 6.28. The number of carbonyl (C=O) groups excluding carboxylic acids is 1. The van der Waals surface area contributed by atoms with Crippen LogP contribution < -0.4 is 10.1 Å². The predicted molar refractivity (Wildman–Crippen MR) is 92.3 cm³/mol. The number of amides is 2. The molecule has 1 N–H and O–H groups in total. The van der Waals surface area contributed by atoms with E-state index < -0.39 is 0 Å². The quantitative estimate of drug-likeness (QED) is 0.894. The van der Waals surface area contributed by atoms with Crippen molar-refractivity contribution in [3.05, 3.63) is 29.8 Å². The van der Waals surface area contributed by atoms with Gasteiger partial charge in [0.25, 0.3) is 0 Å². The van der Waals surface area contributed by atoms with Crippen LogP contribution in [0.3, 0.4) is 0 Å². The van der Waals surface area contributed by atoms with Crippen molar-refractivity contribution in [2.75, 3.05) is 53.0 Å². The second kappa shape index (κ2) is 8.35. The number of morpholine rings is 1. The van der Waals surface area contributed by atoms with Crippen LogP contribution in [-0.4, -0.2) is 68.9 Å². The molecular formula is C18H27N3O3. The van der Waals surface area contributed by atoms with Crippen LogP contribution >= 0.6 is 0 Å². The molecule has 1 atom stereocenters. The van der Waals surface area contributed by atoms with Gasteiger partial charge in [0, 0.05) is 38.3 Å². The standard InChI is InChI=1S/C18H27N3O3/c1-23-17-7-3-2-5-15(17)16-6-4-9-21(16)18(22)19-8-10-20-11-13-24-14-12-20/h2-3,5,7,16H,4,6,8-14H2,1H3,(H,19,22). The van der Waals surface area contributed by atoms with E-state index >= 15 is 0 Å².